The highest BCUT2D eigenvalue weighted by Crippen LogP contribution is 2.15. The number of halogens is 2. The van der Waals surface area contributed by atoms with Gasteiger partial charge in [0.25, 0.3) is 0 Å². The van der Waals surface area contributed by atoms with Gasteiger partial charge < -0.3 is 0 Å². The molecule has 2 aromatic heterocycles. The summed E-state index contributed by atoms with van der Waals surface area (Å²) in [6, 6.07) is 0. The Labute approximate surface area is 96.5 Å². The zero-order valence-electron chi connectivity index (χ0n) is 7.49. The van der Waals surface area contributed by atoms with E-state index in [9.17, 15) is 0 Å². The van der Waals surface area contributed by atoms with Crippen LogP contribution >= 0.6 is 34.5 Å². The van der Waals surface area contributed by atoms with E-state index in [0.29, 0.717) is 17.7 Å². The molecule has 0 aliphatic carbocycles. The minimum Gasteiger partial charge on any atom is -0.297 e. The molecular formula is C9H10Cl2N2S. The molecule has 0 aromatic carbocycles. The molecule has 14 heavy (non-hydrogen) atoms. The van der Waals surface area contributed by atoms with Crippen molar-refractivity contribution in [2.24, 2.45) is 5.92 Å². The molecular weight excluding hydrogens is 239 g/mol. The lowest BCUT2D eigenvalue weighted by Crippen LogP contribution is -2.08. The van der Waals surface area contributed by atoms with E-state index >= 15 is 0 Å². The minimum atomic E-state index is 0.322. The maximum absolute atomic E-state index is 5.77. The number of nitrogens with zero attached hydrogens (tertiary/aromatic N) is 2. The number of imidazole rings is 1. The van der Waals surface area contributed by atoms with Crippen LogP contribution in [-0.2, 0) is 6.42 Å². The van der Waals surface area contributed by atoms with E-state index in [4.69, 9.17) is 23.2 Å². The zero-order chi connectivity index (χ0) is 9.97. The Kier molecular flexibility index (Phi) is 3.31. The summed E-state index contributed by atoms with van der Waals surface area (Å²) in [4.78, 5) is 5.50. The van der Waals surface area contributed by atoms with Gasteiger partial charge in [-0.2, -0.15) is 0 Å². The Balaban J connectivity index is 2.14. The highest BCUT2D eigenvalue weighted by Gasteiger charge is 2.10. The molecule has 0 aliphatic heterocycles. The van der Waals surface area contributed by atoms with Crippen molar-refractivity contribution in [1.82, 2.24) is 9.38 Å². The number of alkyl halides is 2. The van der Waals surface area contributed by atoms with Crippen LogP contribution in [0.3, 0.4) is 0 Å². The van der Waals surface area contributed by atoms with Crippen LogP contribution in [0.25, 0.3) is 4.96 Å². The van der Waals surface area contributed by atoms with Crippen molar-refractivity contribution in [3.63, 3.8) is 0 Å². The normalized spacial score (nSPS) is 11.6. The minimum absolute atomic E-state index is 0.322. The molecule has 0 spiro atoms. The highest BCUT2D eigenvalue weighted by atomic mass is 35.5. The fourth-order valence-corrected chi connectivity index (χ4v) is 2.59. The summed E-state index contributed by atoms with van der Waals surface area (Å²) in [5.74, 6) is 1.51. The number of fused-ring (bicyclic) bond motifs is 1. The molecule has 0 fully saturated rings. The van der Waals surface area contributed by atoms with E-state index in [0.717, 1.165) is 17.1 Å². The van der Waals surface area contributed by atoms with Gasteiger partial charge in [-0.3, -0.25) is 4.40 Å². The molecule has 0 unspecified atom stereocenters. The fourth-order valence-electron chi connectivity index (χ4n) is 1.32. The van der Waals surface area contributed by atoms with Crippen molar-refractivity contribution >= 4 is 39.5 Å². The zero-order valence-corrected chi connectivity index (χ0v) is 9.82. The van der Waals surface area contributed by atoms with Crippen LogP contribution in [0.4, 0.5) is 0 Å². The third kappa shape index (κ3) is 2.05. The second kappa shape index (κ2) is 4.51. The van der Waals surface area contributed by atoms with Crippen molar-refractivity contribution in [3.8, 4) is 0 Å². The Bertz CT molecular complexity index is 377. The van der Waals surface area contributed by atoms with Crippen molar-refractivity contribution < 1.29 is 0 Å². The summed E-state index contributed by atoms with van der Waals surface area (Å²) in [7, 11) is 0. The maximum Gasteiger partial charge on any atom is 0.193 e. The summed E-state index contributed by atoms with van der Waals surface area (Å²) >= 11 is 13.2. The van der Waals surface area contributed by atoms with Crippen LogP contribution in [0.15, 0.2) is 17.8 Å². The number of thiazole rings is 1. The van der Waals surface area contributed by atoms with E-state index in [-0.39, 0.29) is 0 Å². The molecule has 0 radical (unpaired) electrons. The molecule has 2 rings (SSSR count). The molecule has 2 nitrogen and oxygen atoms in total. The monoisotopic (exact) mass is 248 g/mol. The van der Waals surface area contributed by atoms with Crippen molar-refractivity contribution in [2.45, 2.75) is 6.42 Å². The molecule has 0 aliphatic rings. The van der Waals surface area contributed by atoms with E-state index in [1.165, 1.54) is 0 Å². The van der Waals surface area contributed by atoms with Crippen molar-refractivity contribution in [1.29, 1.82) is 0 Å². The van der Waals surface area contributed by atoms with Crippen LogP contribution in [0.2, 0.25) is 0 Å². The number of hydrogen-bond donors (Lipinski definition) is 0. The molecule has 0 bridgehead atoms. The fraction of sp³-hybridized carbons (Fsp3) is 0.444. The van der Waals surface area contributed by atoms with Crippen molar-refractivity contribution in [3.05, 3.63) is 23.5 Å². The molecule has 2 aromatic rings. The third-order valence-corrected chi connectivity index (χ3v) is 3.72. The van der Waals surface area contributed by atoms with Crippen LogP contribution in [0, 0.1) is 5.92 Å². The van der Waals surface area contributed by atoms with Gasteiger partial charge in [-0.1, -0.05) is 0 Å². The Morgan fingerprint density at radius 2 is 2.21 bits per heavy atom. The first kappa shape index (κ1) is 10.3. The van der Waals surface area contributed by atoms with Gasteiger partial charge in [0.15, 0.2) is 4.96 Å². The topological polar surface area (TPSA) is 17.3 Å². The standard InChI is InChI=1S/C9H10Cl2N2S/c10-4-7(5-11)3-8-6-13-1-2-14-9(13)12-8/h1-2,6-7H,3-5H2. The first-order valence-corrected chi connectivity index (χ1v) is 6.31. The second-order valence-electron chi connectivity index (χ2n) is 3.20. The van der Waals surface area contributed by atoms with Crippen LogP contribution in [-0.4, -0.2) is 21.1 Å². The van der Waals surface area contributed by atoms with Gasteiger partial charge >= 0.3 is 0 Å². The average Bonchev–Trinajstić information content (AvgIpc) is 2.73. The summed E-state index contributed by atoms with van der Waals surface area (Å²) < 4.78 is 2.03. The van der Waals surface area contributed by atoms with Gasteiger partial charge in [-0.25, -0.2) is 4.98 Å². The number of hydrogen-bond acceptors (Lipinski definition) is 2. The lowest BCUT2D eigenvalue weighted by molar-refractivity contribution is 0.652. The predicted octanol–water partition coefficient (Wildman–Crippen LogP) is 3.03. The van der Waals surface area contributed by atoms with E-state index in [1.807, 2.05) is 22.2 Å². The first-order valence-electron chi connectivity index (χ1n) is 4.36. The molecule has 0 saturated heterocycles. The van der Waals surface area contributed by atoms with Gasteiger partial charge in [0.1, 0.15) is 0 Å². The van der Waals surface area contributed by atoms with Gasteiger partial charge in [0.2, 0.25) is 0 Å². The first-order chi connectivity index (χ1) is 6.83. The van der Waals surface area contributed by atoms with Gasteiger partial charge in [-0.15, -0.1) is 34.5 Å². The van der Waals surface area contributed by atoms with Gasteiger partial charge in [0.05, 0.1) is 5.69 Å². The lowest BCUT2D eigenvalue weighted by atomic mass is 10.1. The van der Waals surface area contributed by atoms with E-state index in [2.05, 4.69) is 4.98 Å². The van der Waals surface area contributed by atoms with Gasteiger partial charge in [0, 0.05) is 29.5 Å². The molecule has 5 heteroatoms. The summed E-state index contributed by atoms with van der Waals surface area (Å²) in [6.45, 7) is 0. The lowest BCUT2D eigenvalue weighted by Gasteiger charge is -2.06. The predicted molar refractivity (Wildman–Crippen MR) is 61.7 cm³/mol. The van der Waals surface area contributed by atoms with Crippen LogP contribution in [0.5, 0.6) is 0 Å². The Hall–Kier alpha value is -0.250. The van der Waals surface area contributed by atoms with E-state index < -0.39 is 0 Å². The Morgan fingerprint density at radius 3 is 2.86 bits per heavy atom. The average molecular weight is 249 g/mol. The molecule has 0 saturated carbocycles. The summed E-state index contributed by atoms with van der Waals surface area (Å²) in [5, 5.41) is 2.02. The van der Waals surface area contributed by atoms with E-state index in [1.54, 1.807) is 11.3 Å². The number of aromatic nitrogens is 2. The van der Waals surface area contributed by atoms with Gasteiger partial charge in [-0.05, 0) is 12.3 Å². The molecule has 0 atom stereocenters. The Morgan fingerprint density at radius 1 is 1.43 bits per heavy atom. The third-order valence-electron chi connectivity index (χ3n) is 2.08. The molecule has 0 N–H and O–H groups in total. The quantitative estimate of drug-likeness (QED) is 0.761. The molecule has 0 amide bonds. The maximum atomic E-state index is 5.77. The number of rotatable bonds is 4. The largest absolute Gasteiger partial charge is 0.297 e. The summed E-state index contributed by atoms with van der Waals surface area (Å²) in [5.41, 5.74) is 1.07. The second-order valence-corrected chi connectivity index (χ2v) is 4.69. The smallest absolute Gasteiger partial charge is 0.193 e. The molecule has 2 heterocycles. The van der Waals surface area contributed by atoms with Crippen LogP contribution < -0.4 is 0 Å². The molecule has 76 valence electrons. The van der Waals surface area contributed by atoms with Crippen molar-refractivity contribution in [2.75, 3.05) is 11.8 Å². The summed E-state index contributed by atoms with van der Waals surface area (Å²) in [6.07, 6.45) is 4.91. The van der Waals surface area contributed by atoms with Crippen LogP contribution in [0.1, 0.15) is 5.69 Å². The highest BCUT2D eigenvalue weighted by molar-refractivity contribution is 7.15. The SMILES string of the molecule is ClCC(CCl)Cc1cn2ccsc2n1.